The Morgan fingerprint density at radius 1 is 1.12 bits per heavy atom. The first-order chi connectivity index (χ1) is 16.7. The Balaban J connectivity index is 1.22. The molecular formula is C26H24N4O2S2. The van der Waals surface area contributed by atoms with Crippen molar-refractivity contribution < 1.29 is 9.21 Å². The summed E-state index contributed by atoms with van der Waals surface area (Å²) in [5.74, 6) is 1.52. The van der Waals surface area contributed by atoms with E-state index < -0.39 is 0 Å². The normalized spacial score (nSPS) is 14.9. The molecule has 1 aliphatic heterocycles. The van der Waals surface area contributed by atoms with Gasteiger partial charge in [-0.1, -0.05) is 59.5 Å². The Bertz CT molecular complexity index is 1480. The van der Waals surface area contributed by atoms with Crippen LogP contribution in [0.5, 0.6) is 0 Å². The molecule has 5 aromatic rings. The maximum absolute atomic E-state index is 13.6. The van der Waals surface area contributed by atoms with Crippen LogP contribution in [0.15, 0.2) is 63.5 Å². The quantitative estimate of drug-likeness (QED) is 0.290. The number of hydrogen-bond acceptors (Lipinski definition) is 6. The van der Waals surface area contributed by atoms with E-state index in [4.69, 9.17) is 4.42 Å². The molecule has 0 radical (unpaired) electrons. The number of carbonyl (C=O) groups excluding carboxylic acids is 1. The lowest BCUT2D eigenvalue weighted by Gasteiger charge is -2.31. The highest BCUT2D eigenvalue weighted by Gasteiger charge is 2.30. The van der Waals surface area contributed by atoms with Crippen LogP contribution in [0.3, 0.4) is 0 Å². The van der Waals surface area contributed by atoms with E-state index in [-0.39, 0.29) is 5.91 Å². The van der Waals surface area contributed by atoms with Gasteiger partial charge in [-0.3, -0.25) is 4.79 Å². The van der Waals surface area contributed by atoms with Crippen molar-refractivity contribution in [3.8, 4) is 0 Å². The van der Waals surface area contributed by atoms with E-state index in [0.29, 0.717) is 17.4 Å². The lowest BCUT2D eigenvalue weighted by Crippen LogP contribution is -2.38. The van der Waals surface area contributed by atoms with Gasteiger partial charge in [-0.2, -0.15) is 0 Å². The number of rotatable bonds is 5. The molecular weight excluding hydrogens is 464 g/mol. The summed E-state index contributed by atoms with van der Waals surface area (Å²) in [4.78, 5) is 18.9. The van der Waals surface area contributed by atoms with E-state index >= 15 is 0 Å². The number of furan rings is 1. The summed E-state index contributed by atoms with van der Waals surface area (Å²) in [5, 5.41) is 11.5. The van der Waals surface area contributed by atoms with Crippen LogP contribution < -0.4 is 0 Å². The smallest absolute Gasteiger partial charge is 0.289 e. The molecule has 172 valence electrons. The summed E-state index contributed by atoms with van der Waals surface area (Å²) in [5.41, 5.74) is 4.22. The highest BCUT2D eigenvalue weighted by molar-refractivity contribution is 8.00. The molecule has 0 unspecified atom stereocenters. The van der Waals surface area contributed by atoms with Crippen LogP contribution in [-0.2, 0) is 5.75 Å². The molecule has 1 fully saturated rings. The second-order valence-corrected chi connectivity index (χ2v) is 11.0. The molecule has 6 rings (SSSR count). The first-order valence-electron chi connectivity index (χ1n) is 11.5. The number of aryl methyl sites for hydroxylation is 1. The highest BCUT2D eigenvalue weighted by Crippen LogP contribution is 2.36. The number of nitrogens with one attached hydrogen (secondary N) is 1. The van der Waals surface area contributed by atoms with Crippen molar-refractivity contribution >= 4 is 50.9 Å². The molecule has 4 heterocycles. The van der Waals surface area contributed by atoms with Crippen molar-refractivity contribution in [1.82, 2.24) is 20.1 Å². The van der Waals surface area contributed by atoms with Gasteiger partial charge in [0.25, 0.3) is 5.91 Å². The predicted molar refractivity (Wildman–Crippen MR) is 137 cm³/mol. The Kier molecular flexibility index (Phi) is 5.63. The molecule has 8 heteroatoms. The van der Waals surface area contributed by atoms with E-state index in [2.05, 4.69) is 45.6 Å². The predicted octanol–water partition coefficient (Wildman–Crippen LogP) is 6.39. The number of amides is 1. The second-order valence-electron chi connectivity index (χ2n) is 8.64. The van der Waals surface area contributed by atoms with Crippen molar-refractivity contribution in [1.29, 1.82) is 0 Å². The number of fused-ring (bicyclic) bond motifs is 2. The molecule has 1 N–H and O–H groups in total. The average Bonchev–Trinajstić information content (AvgIpc) is 3.59. The minimum Gasteiger partial charge on any atom is -0.451 e. The van der Waals surface area contributed by atoms with Gasteiger partial charge < -0.3 is 14.3 Å². The third kappa shape index (κ3) is 3.91. The summed E-state index contributed by atoms with van der Waals surface area (Å²) < 4.78 is 7.03. The van der Waals surface area contributed by atoms with Gasteiger partial charge in [-0.25, -0.2) is 0 Å². The molecule has 0 bridgehead atoms. The monoisotopic (exact) mass is 488 g/mol. The number of aromatic amines is 1. The van der Waals surface area contributed by atoms with Crippen molar-refractivity contribution in [2.24, 2.45) is 0 Å². The number of carbonyl (C=O) groups is 1. The van der Waals surface area contributed by atoms with E-state index in [9.17, 15) is 4.79 Å². The fourth-order valence-corrected chi connectivity index (χ4v) is 6.70. The molecule has 1 amide bonds. The van der Waals surface area contributed by atoms with Crippen molar-refractivity contribution in [2.75, 3.05) is 13.1 Å². The summed E-state index contributed by atoms with van der Waals surface area (Å²) in [6.07, 6.45) is 4.03. The lowest BCUT2D eigenvalue weighted by atomic mass is 9.89. The summed E-state index contributed by atoms with van der Waals surface area (Å²) in [7, 11) is 0. The van der Waals surface area contributed by atoms with Gasteiger partial charge in [0, 0.05) is 46.9 Å². The van der Waals surface area contributed by atoms with E-state index in [1.54, 1.807) is 23.1 Å². The van der Waals surface area contributed by atoms with Crippen LogP contribution in [0.25, 0.3) is 21.9 Å². The first kappa shape index (κ1) is 21.4. The zero-order chi connectivity index (χ0) is 23.1. The Labute approximate surface area is 205 Å². The van der Waals surface area contributed by atoms with Crippen LogP contribution in [-0.4, -0.2) is 39.1 Å². The summed E-state index contributed by atoms with van der Waals surface area (Å²) in [6.45, 7) is 3.40. The summed E-state index contributed by atoms with van der Waals surface area (Å²) in [6, 6.07) is 16.3. The SMILES string of the molecule is Cc1nnc(SCc2c(C(=O)N3CCC(c4c[nH]c5ccccc45)CC3)oc3ccccc23)s1. The second kappa shape index (κ2) is 8.92. The molecule has 0 spiro atoms. The number of likely N-dealkylation sites (tertiary alicyclic amines) is 1. The lowest BCUT2D eigenvalue weighted by molar-refractivity contribution is 0.0682. The number of nitrogens with zero attached hydrogens (tertiary/aromatic N) is 3. The van der Waals surface area contributed by atoms with Crippen LogP contribution in [0.1, 0.15) is 45.4 Å². The molecule has 0 saturated carbocycles. The maximum atomic E-state index is 13.6. The van der Waals surface area contributed by atoms with Crippen molar-refractivity contribution in [3.63, 3.8) is 0 Å². The van der Waals surface area contributed by atoms with Gasteiger partial charge in [0.1, 0.15) is 10.6 Å². The van der Waals surface area contributed by atoms with E-state index in [0.717, 1.165) is 51.8 Å². The van der Waals surface area contributed by atoms with Crippen LogP contribution in [0.2, 0.25) is 0 Å². The van der Waals surface area contributed by atoms with Crippen LogP contribution >= 0.6 is 23.1 Å². The maximum Gasteiger partial charge on any atom is 0.289 e. The van der Waals surface area contributed by atoms with E-state index in [1.165, 1.54) is 16.5 Å². The molecule has 0 atom stereocenters. The Hall–Kier alpha value is -3.10. The number of aromatic nitrogens is 3. The van der Waals surface area contributed by atoms with Crippen molar-refractivity contribution in [2.45, 2.75) is 35.8 Å². The molecule has 34 heavy (non-hydrogen) atoms. The molecule has 0 aliphatic carbocycles. The van der Waals surface area contributed by atoms with Crippen LogP contribution in [0, 0.1) is 6.92 Å². The van der Waals surface area contributed by atoms with Gasteiger partial charge in [-0.05, 0) is 43.4 Å². The Morgan fingerprint density at radius 3 is 2.68 bits per heavy atom. The first-order valence-corrected chi connectivity index (χ1v) is 13.3. The zero-order valence-electron chi connectivity index (χ0n) is 18.8. The van der Waals surface area contributed by atoms with Gasteiger partial charge in [0.15, 0.2) is 10.1 Å². The van der Waals surface area contributed by atoms with Gasteiger partial charge >= 0.3 is 0 Å². The van der Waals surface area contributed by atoms with Gasteiger partial charge in [0.2, 0.25) is 0 Å². The van der Waals surface area contributed by atoms with Crippen molar-refractivity contribution in [3.05, 3.63) is 76.6 Å². The number of H-pyrrole nitrogens is 1. The number of thioether (sulfide) groups is 1. The Morgan fingerprint density at radius 2 is 1.88 bits per heavy atom. The number of piperidine rings is 1. The molecule has 1 saturated heterocycles. The van der Waals surface area contributed by atoms with Crippen LogP contribution in [0.4, 0.5) is 0 Å². The number of para-hydroxylation sites is 2. The standard InChI is InChI=1S/C26H24N4O2S2/c1-16-28-29-26(34-16)33-15-21-19-7-3-5-9-23(19)32-24(21)25(31)30-12-10-17(11-13-30)20-14-27-22-8-4-2-6-18(20)22/h2-9,14,17,27H,10-13,15H2,1H3. The minimum absolute atomic E-state index is 0.0161. The number of benzene rings is 2. The van der Waals surface area contributed by atoms with Gasteiger partial charge in [-0.15, -0.1) is 10.2 Å². The highest BCUT2D eigenvalue weighted by atomic mass is 32.2. The molecule has 1 aliphatic rings. The third-order valence-corrected chi connectivity index (χ3v) is 8.58. The minimum atomic E-state index is -0.0161. The molecule has 3 aromatic heterocycles. The number of hydrogen-bond donors (Lipinski definition) is 1. The molecule has 2 aromatic carbocycles. The molecule has 6 nitrogen and oxygen atoms in total. The summed E-state index contributed by atoms with van der Waals surface area (Å²) >= 11 is 3.17. The third-order valence-electron chi connectivity index (χ3n) is 6.58. The average molecular weight is 489 g/mol. The largest absolute Gasteiger partial charge is 0.451 e. The fourth-order valence-electron chi connectivity index (χ4n) is 4.85. The van der Waals surface area contributed by atoms with E-state index in [1.807, 2.05) is 36.1 Å². The zero-order valence-corrected chi connectivity index (χ0v) is 20.4. The topological polar surface area (TPSA) is 75.0 Å². The van der Waals surface area contributed by atoms with Gasteiger partial charge in [0.05, 0.1) is 0 Å². The fraction of sp³-hybridized carbons (Fsp3) is 0.269.